The van der Waals surface area contributed by atoms with Crippen molar-refractivity contribution in [1.29, 1.82) is 5.26 Å². The molecule has 1 rings (SSSR count). The van der Waals surface area contributed by atoms with Gasteiger partial charge in [0.1, 0.15) is 6.04 Å². The number of hydrogen-bond acceptors (Lipinski definition) is 3. The van der Waals surface area contributed by atoms with E-state index in [2.05, 4.69) is 5.32 Å². The van der Waals surface area contributed by atoms with Crippen molar-refractivity contribution in [3.63, 3.8) is 0 Å². The minimum atomic E-state index is -0.454. The number of rotatable bonds is 1. The summed E-state index contributed by atoms with van der Waals surface area (Å²) in [7, 11) is 0. The molecule has 0 unspecified atom stereocenters. The predicted molar refractivity (Wildman–Crippen MR) is 30.1 cm³/mol. The van der Waals surface area contributed by atoms with E-state index in [-0.39, 0.29) is 11.9 Å². The maximum absolute atomic E-state index is 10.4. The number of nitriles is 1. The molecule has 0 radical (unpaired) electrons. The van der Waals surface area contributed by atoms with Gasteiger partial charge >= 0.3 is 0 Å². The minimum absolute atomic E-state index is 0.109. The lowest BCUT2D eigenvalue weighted by Crippen LogP contribution is -2.66. The maximum Gasteiger partial charge on any atom is 0.239 e. The molecule has 1 fully saturated rings. The molecule has 4 heteroatoms. The molecule has 9 heavy (non-hydrogen) atoms. The van der Waals surface area contributed by atoms with Gasteiger partial charge in [0.2, 0.25) is 5.91 Å². The quantitative estimate of drug-likeness (QED) is 0.429. The highest BCUT2D eigenvalue weighted by atomic mass is 16.2. The fourth-order valence-corrected chi connectivity index (χ4v) is 0.732. The van der Waals surface area contributed by atoms with Gasteiger partial charge in [-0.3, -0.25) is 4.79 Å². The zero-order chi connectivity index (χ0) is 6.85. The van der Waals surface area contributed by atoms with Gasteiger partial charge in [-0.1, -0.05) is 0 Å². The van der Waals surface area contributed by atoms with E-state index in [0.717, 1.165) is 0 Å². The molecule has 0 saturated carbocycles. The van der Waals surface area contributed by atoms with Crippen LogP contribution in [0.5, 0.6) is 0 Å². The van der Waals surface area contributed by atoms with Crippen LogP contribution in [-0.2, 0) is 4.79 Å². The van der Waals surface area contributed by atoms with E-state index >= 15 is 0 Å². The molecule has 3 N–H and O–H groups in total. The first kappa shape index (κ1) is 6.05. The van der Waals surface area contributed by atoms with Crippen molar-refractivity contribution in [2.75, 3.05) is 0 Å². The largest absolute Gasteiger partial charge is 0.349 e. The summed E-state index contributed by atoms with van der Waals surface area (Å²) in [5.41, 5.74) is 5.29. The second kappa shape index (κ2) is 2.03. The molecule has 0 aromatic rings. The van der Waals surface area contributed by atoms with Crippen LogP contribution >= 0.6 is 0 Å². The summed E-state index contributed by atoms with van der Waals surface area (Å²) in [4.78, 5) is 10.4. The molecule has 1 saturated heterocycles. The van der Waals surface area contributed by atoms with Gasteiger partial charge in [-0.25, -0.2) is 0 Å². The highest BCUT2D eigenvalue weighted by Gasteiger charge is 2.35. The number of nitrogens with zero attached hydrogens (tertiary/aromatic N) is 1. The van der Waals surface area contributed by atoms with Crippen molar-refractivity contribution in [2.45, 2.75) is 18.5 Å². The summed E-state index contributed by atoms with van der Waals surface area (Å²) < 4.78 is 0. The van der Waals surface area contributed by atoms with Crippen LogP contribution in [-0.4, -0.2) is 18.0 Å². The van der Waals surface area contributed by atoms with Gasteiger partial charge in [-0.05, 0) is 0 Å². The monoisotopic (exact) mass is 125 g/mol. The third kappa shape index (κ3) is 0.864. The summed E-state index contributed by atoms with van der Waals surface area (Å²) >= 11 is 0. The summed E-state index contributed by atoms with van der Waals surface area (Å²) in [6, 6.07) is 1.36. The molecule has 1 heterocycles. The summed E-state index contributed by atoms with van der Waals surface area (Å²) in [5.74, 6) is -0.157. The van der Waals surface area contributed by atoms with E-state index < -0.39 is 6.04 Å². The lowest BCUT2D eigenvalue weighted by atomic mass is 9.98. The molecule has 4 nitrogen and oxygen atoms in total. The van der Waals surface area contributed by atoms with E-state index in [9.17, 15) is 4.79 Å². The van der Waals surface area contributed by atoms with E-state index in [1.807, 2.05) is 6.07 Å². The zero-order valence-corrected chi connectivity index (χ0v) is 4.79. The van der Waals surface area contributed by atoms with Crippen molar-refractivity contribution in [3.8, 4) is 6.07 Å². The zero-order valence-electron chi connectivity index (χ0n) is 4.79. The van der Waals surface area contributed by atoms with Crippen molar-refractivity contribution in [2.24, 2.45) is 5.73 Å². The van der Waals surface area contributed by atoms with Crippen LogP contribution in [0.2, 0.25) is 0 Å². The highest BCUT2D eigenvalue weighted by molar-refractivity contribution is 5.89. The van der Waals surface area contributed by atoms with Crippen LogP contribution in [0.25, 0.3) is 0 Å². The smallest absolute Gasteiger partial charge is 0.239 e. The van der Waals surface area contributed by atoms with Gasteiger partial charge in [-0.15, -0.1) is 0 Å². The molecule has 2 atom stereocenters. The van der Waals surface area contributed by atoms with Gasteiger partial charge in [0.15, 0.2) is 0 Å². The lowest BCUT2D eigenvalue weighted by Gasteiger charge is -2.31. The van der Waals surface area contributed by atoms with Gasteiger partial charge in [-0.2, -0.15) is 5.26 Å². The molecule has 0 aliphatic carbocycles. The van der Waals surface area contributed by atoms with E-state index in [1.54, 1.807) is 0 Å². The average Bonchev–Trinajstić information content (AvgIpc) is 1.88. The van der Waals surface area contributed by atoms with Crippen molar-refractivity contribution in [3.05, 3.63) is 0 Å². The van der Waals surface area contributed by atoms with Gasteiger partial charge in [0, 0.05) is 0 Å². The lowest BCUT2D eigenvalue weighted by molar-refractivity contribution is -0.130. The normalized spacial score (nSPS) is 32.2. The Hall–Kier alpha value is -1.08. The van der Waals surface area contributed by atoms with Crippen LogP contribution in [0, 0.1) is 11.3 Å². The summed E-state index contributed by atoms with van der Waals surface area (Å²) in [6.45, 7) is 0. The predicted octanol–water partition coefficient (Wildman–Crippen LogP) is -1.27. The molecule has 48 valence electrons. The third-order valence-corrected chi connectivity index (χ3v) is 1.38. The van der Waals surface area contributed by atoms with Crippen LogP contribution < -0.4 is 11.1 Å². The minimum Gasteiger partial charge on any atom is -0.349 e. The third-order valence-electron chi connectivity index (χ3n) is 1.38. The van der Waals surface area contributed by atoms with Gasteiger partial charge in [0.05, 0.1) is 18.5 Å². The standard InChI is InChI=1S/C5H7N3O/c6-2-1-3-4(7)5(9)8-3/h3-4H,1,7H2,(H,8,9)/t3-,4+/m0/s1. The molecule has 1 amide bonds. The van der Waals surface area contributed by atoms with Crippen molar-refractivity contribution < 1.29 is 4.79 Å². The van der Waals surface area contributed by atoms with E-state index in [1.165, 1.54) is 0 Å². The second-order valence-corrected chi connectivity index (χ2v) is 2.00. The van der Waals surface area contributed by atoms with Crippen LogP contribution in [0.3, 0.4) is 0 Å². The molecular formula is C5H7N3O. The highest BCUT2D eigenvalue weighted by Crippen LogP contribution is 2.05. The Morgan fingerprint density at radius 3 is 2.89 bits per heavy atom. The van der Waals surface area contributed by atoms with E-state index in [0.29, 0.717) is 6.42 Å². The number of amides is 1. The molecule has 0 aromatic carbocycles. The number of carbonyl (C=O) groups excluding carboxylic acids is 1. The van der Waals surface area contributed by atoms with Crippen LogP contribution in [0.15, 0.2) is 0 Å². The molecule has 0 spiro atoms. The van der Waals surface area contributed by atoms with Crippen LogP contribution in [0.4, 0.5) is 0 Å². The topological polar surface area (TPSA) is 78.9 Å². The molecular weight excluding hydrogens is 118 g/mol. The number of nitrogens with two attached hydrogens (primary N) is 1. The number of hydrogen-bond donors (Lipinski definition) is 2. The first-order chi connectivity index (χ1) is 4.25. The number of carbonyl (C=O) groups is 1. The number of nitrogens with one attached hydrogen (secondary N) is 1. The Morgan fingerprint density at radius 1 is 1.89 bits per heavy atom. The Morgan fingerprint density at radius 2 is 2.56 bits per heavy atom. The fraction of sp³-hybridized carbons (Fsp3) is 0.600. The second-order valence-electron chi connectivity index (χ2n) is 2.00. The summed E-state index contributed by atoms with van der Waals surface area (Å²) in [6.07, 6.45) is 0.312. The van der Waals surface area contributed by atoms with Gasteiger partial charge < -0.3 is 11.1 Å². The Bertz CT molecular complexity index is 172. The average molecular weight is 125 g/mol. The fourth-order valence-electron chi connectivity index (χ4n) is 0.732. The Kier molecular flexibility index (Phi) is 1.37. The molecule has 1 aliphatic heterocycles. The molecule has 1 aliphatic rings. The van der Waals surface area contributed by atoms with Crippen molar-refractivity contribution in [1.82, 2.24) is 5.32 Å². The SMILES string of the molecule is N#CC[C@@H]1NC(=O)[C@@H]1N. The van der Waals surface area contributed by atoms with Gasteiger partial charge in [0.25, 0.3) is 0 Å². The van der Waals surface area contributed by atoms with Crippen LogP contribution in [0.1, 0.15) is 6.42 Å². The molecule has 0 bridgehead atoms. The van der Waals surface area contributed by atoms with E-state index in [4.69, 9.17) is 11.0 Å². The first-order valence-corrected chi connectivity index (χ1v) is 2.68. The first-order valence-electron chi connectivity index (χ1n) is 2.68. The Balaban J connectivity index is 2.35. The summed E-state index contributed by atoms with van der Waals surface area (Å²) in [5, 5.41) is 10.7. The number of β-lactam (4-membered cyclic amide) rings is 1. The molecule has 0 aromatic heterocycles. The maximum atomic E-state index is 10.4. The Labute approximate surface area is 52.6 Å². The van der Waals surface area contributed by atoms with Crippen molar-refractivity contribution >= 4 is 5.91 Å².